The molecule has 0 aromatic heterocycles. The lowest BCUT2D eigenvalue weighted by molar-refractivity contribution is -0.124. The summed E-state index contributed by atoms with van der Waals surface area (Å²) >= 11 is 6.27. The summed E-state index contributed by atoms with van der Waals surface area (Å²) in [5.74, 6) is -2.80. The zero-order valence-electron chi connectivity index (χ0n) is 14.5. The van der Waals surface area contributed by atoms with Crippen LogP contribution in [0.2, 0.25) is 5.02 Å². The van der Waals surface area contributed by atoms with Crippen molar-refractivity contribution < 1.29 is 18.0 Å². The highest BCUT2D eigenvalue weighted by atomic mass is 35.5. The van der Waals surface area contributed by atoms with Gasteiger partial charge in [0.2, 0.25) is 0 Å². The van der Waals surface area contributed by atoms with Gasteiger partial charge in [-0.15, -0.1) is 0 Å². The molecule has 2 atom stereocenters. The van der Waals surface area contributed by atoms with Gasteiger partial charge >= 0.3 is 0 Å². The van der Waals surface area contributed by atoms with E-state index in [9.17, 15) is 18.0 Å². The van der Waals surface area contributed by atoms with Crippen LogP contribution in [0.1, 0.15) is 29.0 Å². The molecule has 1 saturated carbocycles. The number of carbonyl (C=O) groups is 2. The molecule has 136 valence electrons. The summed E-state index contributed by atoms with van der Waals surface area (Å²) < 4.78 is 25.1. The Bertz CT molecular complexity index is 980. The Morgan fingerprint density at radius 2 is 1.65 bits per heavy atom. The Morgan fingerprint density at radius 3 is 2.31 bits per heavy atom. The van der Waals surface area contributed by atoms with Gasteiger partial charge in [0.1, 0.15) is 11.7 Å². The van der Waals surface area contributed by atoms with E-state index < -0.39 is 21.7 Å². The first kappa shape index (κ1) is 18.8. The van der Waals surface area contributed by atoms with Crippen LogP contribution in [0, 0.1) is 19.8 Å². The fourth-order valence-corrected chi connectivity index (χ4v) is 5.24. The van der Waals surface area contributed by atoms with Gasteiger partial charge < -0.3 is 0 Å². The molecule has 2 aromatic rings. The number of aryl methyl sites for hydroxylation is 2. The van der Waals surface area contributed by atoms with E-state index in [1.807, 2.05) is 13.8 Å². The number of carbonyl (C=O) groups excluding carboxylic acids is 2. The van der Waals surface area contributed by atoms with Gasteiger partial charge in [0.05, 0.1) is 10.6 Å². The van der Waals surface area contributed by atoms with Crippen LogP contribution in [-0.4, -0.2) is 25.7 Å². The standard InChI is InChI=1S/C20H19ClO4S/c1-12-8-16(17(21)9-13(12)2)19-18(22)10-14(20(19)23)11-26(24,25)15-6-4-3-5-7-15/h3-9,14,19H,10-11H2,1-2H3. The van der Waals surface area contributed by atoms with Gasteiger partial charge in [0.15, 0.2) is 15.6 Å². The van der Waals surface area contributed by atoms with Gasteiger partial charge in [-0.1, -0.05) is 35.9 Å². The molecule has 1 aliphatic carbocycles. The second-order valence-electron chi connectivity index (χ2n) is 6.76. The van der Waals surface area contributed by atoms with Gasteiger partial charge in [0.25, 0.3) is 0 Å². The van der Waals surface area contributed by atoms with Crippen molar-refractivity contribution in [2.24, 2.45) is 5.92 Å². The van der Waals surface area contributed by atoms with Crippen LogP contribution in [0.15, 0.2) is 47.4 Å². The highest BCUT2D eigenvalue weighted by Gasteiger charge is 2.44. The summed E-state index contributed by atoms with van der Waals surface area (Å²) in [7, 11) is -3.64. The van der Waals surface area contributed by atoms with Crippen molar-refractivity contribution in [3.63, 3.8) is 0 Å². The van der Waals surface area contributed by atoms with Crippen molar-refractivity contribution in [2.75, 3.05) is 5.75 Å². The molecular formula is C20H19ClO4S. The third-order valence-electron chi connectivity index (χ3n) is 4.90. The molecule has 3 rings (SSSR count). The minimum Gasteiger partial charge on any atom is -0.298 e. The summed E-state index contributed by atoms with van der Waals surface area (Å²) in [4.78, 5) is 25.5. The van der Waals surface area contributed by atoms with Crippen molar-refractivity contribution in [3.8, 4) is 0 Å². The van der Waals surface area contributed by atoms with Gasteiger partial charge in [-0.25, -0.2) is 8.42 Å². The van der Waals surface area contributed by atoms with Gasteiger partial charge in [-0.2, -0.15) is 0 Å². The molecule has 4 nitrogen and oxygen atoms in total. The number of rotatable bonds is 4. The van der Waals surface area contributed by atoms with Gasteiger partial charge in [-0.3, -0.25) is 9.59 Å². The predicted molar refractivity (Wildman–Crippen MR) is 100 cm³/mol. The summed E-state index contributed by atoms with van der Waals surface area (Å²) in [6.45, 7) is 3.79. The van der Waals surface area contributed by atoms with E-state index in [4.69, 9.17) is 11.6 Å². The lowest BCUT2D eigenvalue weighted by Gasteiger charge is -2.14. The highest BCUT2D eigenvalue weighted by Crippen LogP contribution is 2.38. The lowest BCUT2D eigenvalue weighted by Crippen LogP contribution is -2.22. The molecule has 0 saturated heterocycles. The molecule has 0 N–H and O–H groups in total. The monoisotopic (exact) mass is 390 g/mol. The summed E-state index contributed by atoms with van der Waals surface area (Å²) in [6, 6.07) is 11.5. The normalized spacial score (nSPS) is 20.6. The lowest BCUT2D eigenvalue weighted by atomic mass is 9.92. The Morgan fingerprint density at radius 1 is 1.04 bits per heavy atom. The zero-order chi connectivity index (χ0) is 19.1. The van der Waals surface area contributed by atoms with Crippen molar-refractivity contribution in [2.45, 2.75) is 31.1 Å². The third-order valence-corrected chi connectivity index (χ3v) is 7.06. The topological polar surface area (TPSA) is 68.3 Å². The Kier molecular flexibility index (Phi) is 5.04. The number of hydrogen-bond acceptors (Lipinski definition) is 4. The average Bonchev–Trinajstić information content (AvgIpc) is 2.85. The molecule has 2 aromatic carbocycles. The van der Waals surface area contributed by atoms with Crippen LogP contribution in [0.5, 0.6) is 0 Å². The molecule has 6 heteroatoms. The second-order valence-corrected chi connectivity index (χ2v) is 9.20. The summed E-state index contributed by atoms with van der Waals surface area (Å²) in [5, 5.41) is 0.367. The van der Waals surface area contributed by atoms with E-state index in [1.165, 1.54) is 12.1 Å². The Balaban J connectivity index is 1.90. The quantitative estimate of drug-likeness (QED) is 0.747. The van der Waals surface area contributed by atoms with E-state index in [0.29, 0.717) is 10.6 Å². The maximum absolute atomic E-state index is 12.8. The highest BCUT2D eigenvalue weighted by molar-refractivity contribution is 7.91. The average molecular weight is 391 g/mol. The first-order valence-electron chi connectivity index (χ1n) is 8.31. The summed E-state index contributed by atoms with van der Waals surface area (Å²) in [6.07, 6.45) is -0.0706. The third kappa shape index (κ3) is 3.46. The molecule has 26 heavy (non-hydrogen) atoms. The number of hydrogen-bond donors (Lipinski definition) is 0. The van der Waals surface area contributed by atoms with Crippen LogP contribution >= 0.6 is 11.6 Å². The van der Waals surface area contributed by atoms with Gasteiger partial charge in [0, 0.05) is 17.4 Å². The van der Waals surface area contributed by atoms with Crippen LogP contribution in [-0.2, 0) is 19.4 Å². The number of halogens is 1. The minimum atomic E-state index is -3.64. The molecule has 0 aliphatic heterocycles. The first-order valence-corrected chi connectivity index (χ1v) is 10.3. The number of sulfone groups is 1. The van der Waals surface area contributed by atoms with E-state index >= 15 is 0 Å². The minimum absolute atomic E-state index is 0.0706. The van der Waals surface area contributed by atoms with E-state index in [1.54, 1.807) is 30.3 Å². The van der Waals surface area contributed by atoms with E-state index in [0.717, 1.165) is 11.1 Å². The second kappa shape index (κ2) is 6.97. The van der Waals surface area contributed by atoms with E-state index in [2.05, 4.69) is 0 Å². The largest absolute Gasteiger partial charge is 0.298 e. The Hall–Kier alpha value is -1.98. The zero-order valence-corrected chi connectivity index (χ0v) is 16.1. The van der Waals surface area contributed by atoms with Crippen molar-refractivity contribution >= 4 is 33.0 Å². The molecule has 0 amide bonds. The van der Waals surface area contributed by atoms with Crippen LogP contribution in [0.4, 0.5) is 0 Å². The molecule has 2 unspecified atom stereocenters. The molecule has 1 aliphatic rings. The SMILES string of the molecule is Cc1cc(Cl)c(C2C(=O)CC(CS(=O)(=O)c3ccccc3)C2=O)cc1C. The van der Waals surface area contributed by atoms with Crippen LogP contribution < -0.4 is 0 Å². The van der Waals surface area contributed by atoms with E-state index in [-0.39, 0.29) is 28.6 Å². The maximum atomic E-state index is 12.8. The number of ketones is 2. The molecule has 0 heterocycles. The van der Waals surface area contributed by atoms with Crippen molar-refractivity contribution in [1.29, 1.82) is 0 Å². The van der Waals surface area contributed by atoms with Gasteiger partial charge in [-0.05, 0) is 48.7 Å². The molecule has 1 fully saturated rings. The number of Topliss-reactive ketones (excluding diaryl/α,β-unsaturated/α-hetero) is 2. The molecular weight excluding hydrogens is 372 g/mol. The van der Waals surface area contributed by atoms with Crippen LogP contribution in [0.3, 0.4) is 0 Å². The van der Waals surface area contributed by atoms with Crippen molar-refractivity contribution in [1.82, 2.24) is 0 Å². The van der Waals surface area contributed by atoms with Crippen molar-refractivity contribution in [3.05, 3.63) is 64.2 Å². The fraction of sp³-hybridized carbons (Fsp3) is 0.300. The Labute approximate surface area is 158 Å². The predicted octanol–water partition coefficient (Wildman–Crippen LogP) is 3.67. The molecule has 0 bridgehead atoms. The smallest absolute Gasteiger partial charge is 0.179 e. The summed E-state index contributed by atoms with van der Waals surface area (Å²) in [5.41, 5.74) is 2.38. The maximum Gasteiger partial charge on any atom is 0.179 e. The molecule has 0 radical (unpaired) electrons. The fourth-order valence-electron chi connectivity index (χ4n) is 3.34. The van der Waals surface area contributed by atoms with Crippen LogP contribution in [0.25, 0.3) is 0 Å². The number of benzene rings is 2. The first-order chi connectivity index (χ1) is 12.2. The molecule has 0 spiro atoms.